The monoisotopic (exact) mass is 552 g/mol. The predicted octanol–water partition coefficient (Wildman–Crippen LogP) is 7.24. The van der Waals surface area contributed by atoms with E-state index in [1.807, 2.05) is 19.1 Å². The SMILES string of the molecule is C#CCOc1c(Cl)cc(C=Nc2sc3c(c2C(=O)NCc2ccco2)CC[C@H](C(C)(C)C)C3)cc1OCC. The van der Waals surface area contributed by atoms with Crippen molar-refractivity contribution in [2.45, 2.75) is 53.5 Å². The molecule has 1 amide bonds. The summed E-state index contributed by atoms with van der Waals surface area (Å²) in [7, 11) is 0. The molecular weight excluding hydrogens is 520 g/mol. The van der Waals surface area contributed by atoms with E-state index in [0.717, 1.165) is 30.4 Å². The normalized spacial score (nSPS) is 15.2. The highest BCUT2D eigenvalue weighted by molar-refractivity contribution is 7.16. The molecule has 0 aliphatic heterocycles. The fourth-order valence-electron chi connectivity index (χ4n) is 4.62. The van der Waals surface area contributed by atoms with Gasteiger partial charge in [-0.3, -0.25) is 4.79 Å². The van der Waals surface area contributed by atoms with Crippen LogP contribution in [0, 0.1) is 23.7 Å². The summed E-state index contributed by atoms with van der Waals surface area (Å²) in [5.74, 6) is 4.44. The molecule has 0 radical (unpaired) electrons. The Morgan fingerprint density at radius 2 is 2.18 bits per heavy atom. The van der Waals surface area contributed by atoms with E-state index in [2.05, 4.69) is 32.0 Å². The van der Waals surface area contributed by atoms with Gasteiger partial charge in [-0.1, -0.05) is 38.3 Å². The van der Waals surface area contributed by atoms with Gasteiger partial charge >= 0.3 is 0 Å². The van der Waals surface area contributed by atoms with Crippen LogP contribution in [-0.4, -0.2) is 25.3 Å². The van der Waals surface area contributed by atoms with Gasteiger partial charge in [-0.2, -0.15) is 0 Å². The van der Waals surface area contributed by atoms with Gasteiger partial charge < -0.3 is 19.2 Å². The Balaban J connectivity index is 1.67. The molecule has 38 heavy (non-hydrogen) atoms. The van der Waals surface area contributed by atoms with Crippen LogP contribution in [0.3, 0.4) is 0 Å². The third kappa shape index (κ3) is 6.43. The molecule has 0 saturated heterocycles. The zero-order valence-corrected chi connectivity index (χ0v) is 23.8. The van der Waals surface area contributed by atoms with Crippen molar-refractivity contribution in [2.24, 2.45) is 16.3 Å². The molecule has 0 bridgehead atoms. The quantitative estimate of drug-likeness (QED) is 0.224. The second-order valence-electron chi connectivity index (χ2n) is 10.3. The summed E-state index contributed by atoms with van der Waals surface area (Å²) in [5.41, 5.74) is 2.67. The van der Waals surface area contributed by atoms with E-state index in [1.54, 1.807) is 35.9 Å². The molecule has 1 aliphatic rings. The van der Waals surface area contributed by atoms with Gasteiger partial charge in [0.1, 0.15) is 17.4 Å². The number of rotatable bonds is 9. The van der Waals surface area contributed by atoms with Gasteiger partial charge in [-0.05, 0) is 72.9 Å². The molecule has 1 aromatic carbocycles. The lowest BCUT2D eigenvalue weighted by Crippen LogP contribution is -2.28. The van der Waals surface area contributed by atoms with Crippen molar-refractivity contribution in [3.05, 3.63) is 62.9 Å². The molecule has 0 fully saturated rings. The molecule has 2 heterocycles. The third-order valence-electron chi connectivity index (χ3n) is 6.66. The highest BCUT2D eigenvalue weighted by Gasteiger charge is 2.33. The first-order valence-corrected chi connectivity index (χ1v) is 13.9. The number of aliphatic imine (C=N–C) groups is 1. The molecule has 2 aromatic heterocycles. The van der Waals surface area contributed by atoms with Gasteiger partial charge in [-0.15, -0.1) is 17.8 Å². The molecule has 8 heteroatoms. The smallest absolute Gasteiger partial charge is 0.255 e. The lowest BCUT2D eigenvalue weighted by Gasteiger charge is -2.33. The number of ether oxygens (including phenoxy) is 2. The van der Waals surface area contributed by atoms with Crippen LogP contribution in [0.4, 0.5) is 5.00 Å². The molecule has 200 valence electrons. The van der Waals surface area contributed by atoms with E-state index in [9.17, 15) is 4.79 Å². The van der Waals surface area contributed by atoms with Gasteiger partial charge in [0.25, 0.3) is 5.91 Å². The second kappa shape index (κ2) is 12.1. The fourth-order valence-corrected chi connectivity index (χ4v) is 6.16. The molecule has 3 aromatic rings. The van der Waals surface area contributed by atoms with Crippen molar-refractivity contribution in [3.8, 4) is 23.8 Å². The predicted molar refractivity (Wildman–Crippen MR) is 153 cm³/mol. The number of nitrogens with one attached hydrogen (secondary N) is 1. The van der Waals surface area contributed by atoms with E-state index in [0.29, 0.717) is 51.9 Å². The first-order valence-electron chi connectivity index (χ1n) is 12.7. The van der Waals surface area contributed by atoms with Crippen LogP contribution >= 0.6 is 22.9 Å². The molecule has 4 rings (SSSR count). The van der Waals surface area contributed by atoms with Crippen LogP contribution in [0.25, 0.3) is 0 Å². The molecule has 0 saturated carbocycles. The van der Waals surface area contributed by atoms with Crippen molar-refractivity contribution >= 4 is 40.1 Å². The standard InChI is InChI=1S/C30H33ClN2O4S/c1-6-12-37-27-23(31)14-19(15-24(27)35-7-2)17-33-29-26(28(34)32-18-21-9-8-13-36-21)22-11-10-20(30(3,4)5)16-25(22)38-29/h1,8-9,13-15,17,20H,7,10-12,16,18H2,2-5H3,(H,32,34)/t20-/m0/s1. The summed E-state index contributed by atoms with van der Waals surface area (Å²) in [6.07, 6.45) is 11.5. The second-order valence-corrected chi connectivity index (χ2v) is 11.8. The minimum atomic E-state index is -0.147. The Morgan fingerprint density at radius 3 is 2.87 bits per heavy atom. The third-order valence-corrected chi connectivity index (χ3v) is 8.11. The number of carbonyl (C=O) groups is 1. The van der Waals surface area contributed by atoms with Crippen molar-refractivity contribution in [1.29, 1.82) is 0 Å². The number of halogens is 1. The van der Waals surface area contributed by atoms with Crippen LogP contribution in [0.1, 0.15) is 66.2 Å². The molecule has 0 spiro atoms. The summed E-state index contributed by atoms with van der Waals surface area (Å²) in [6, 6.07) is 7.21. The zero-order valence-electron chi connectivity index (χ0n) is 22.2. The summed E-state index contributed by atoms with van der Waals surface area (Å²) in [6.45, 7) is 9.57. The van der Waals surface area contributed by atoms with Crippen molar-refractivity contribution in [2.75, 3.05) is 13.2 Å². The number of terminal acetylenes is 1. The number of carbonyl (C=O) groups excluding carboxylic acids is 1. The maximum Gasteiger partial charge on any atom is 0.255 e. The van der Waals surface area contributed by atoms with Crippen molar-refractivity contribution < 1.29 is 18.7 Å². The lowest BCUT2D eigenvalue weighted by molar-refractivity contribution is 0.0947. The molecule has 0 unspecified atom stereocenters. The molecule has 6 nitrogen and oxygen atoms in total. The number of benzene rings is 1. The first-order chi connectivity index (χ1) is 18.2. The summed E-state index contributed by atoms with van der Waals surface area (Å²) < 4.78 is 16.7. The molecule has 1 atom stereocenters. The Hall–Kier alpha value is -3.21. The number of nitrogens with zero attached hydrogens (tertiary/aromatic N) is 1. The van der Waals surface area contributed by atoms with Crippen LogP contribution in [-0.2, 0) is 19.4 Å². The van der Waals surface area contributed by atoms with Gasteiger partial charge in [0.15, 0.2) is 11.5 Å². The Labute approximate surface area is 233 Å². The van der Waals surface area contributed by atoms with E-state index < -0.39 is 0 Å². The van der Waals surface area contributed by atoms with E-state index >= 15 is 0 Å². The maximum atomic E-state index is 13.4. The maximum absolute atomic E-state index is 13.4. The minimum absolute atomic E-state index is 0.0833. The Kier molecular flexibility index (Phi) is 8.86. The topological polar surface area (TPSA) is 73.1 Å². The van der Waals surface area contributed by atoms with Crippen LogP contribution in [0.5, 0.6) is 11.5 Å². The van der Waals surface area contributed by atoms with Crippen LogP contribution < -0.4 is 14.8 Å². The highest BCUT2D eigenvalue weighted by atomic mass is 35.5. The van der Waals surface area contributed by atoms with Crippen molar-refractivity contribution in [1.82, 2.24) is 5.32 Å². The Morgan fingerprint density at radius 1 is 1.37 bits per heavy atom. The summed E-state index contributed by atoms with van der Waals surface area (Å²) >= 11 is 8.09. The average Bonchev–Trinajstić information content (AvgIpc) is 3.52. The van der Waals surface area contributed by atoms with Crippen molar-refractivity contribution in [3.63, 3.8) is 0 Å². The number of furan rings is 1. The number of thiophene rings is 1. The number of hydrogen-bond donors (Lipinski definition) is 1. The zero-order chi connectivity index (χ0) is 27.3. The van der Waals surface area contributed by atoms with Crippen LogP contribution in [0.15, 0.2) is 39.9 Å². The molecular formula is C30H33ClN2O4S. The van der Waals surface area contributed by atoms with Crippen LogP contribution in [0.2, 0.25) is 5.02 Å². The fraction of sp³-hybridized carbons (Fsp3) is 0.400. The number of amides is 1. The lowest BCUT2D eigenvalue weighted by atomic mass is 9.72. The van der Waals surface area contributed by atoms with Gasteiger partial charge in [-0.25, -0.2) is 4.99 Å². The van der Waals surface area contributed by atoms with Gasteiger partial charge in [0, 0.05) is 11.1 Å². The highest BCUT2D eigenvalue weighted by Crippen LogP contribution is 2.45. The Bertz CT molecular complexity index is 1350. The van der Waals surface area contributed by atoms with E-state index in [4.69, 9.17) is 36.9 Å². The minimum Gasteiger partial charge on any atom is -0.490 e. The largest absolute Gasteiger partial charge is 0.490 e. The van der Waals surface area contributed by atoms with Gasteiger partial charge in [0.05, 0.1) is 30.0 Å². The first kappa shape index (κ1) is 27.8. The average molecular weight is 553 g/mol. The van der Waals surface area contributed by atoms with E-state index in [1.165, 1.54) is 4.88 Å². The number of fused-ring (bicyclic) bond motifs is 1. The summed E-state index contributed by atoms with van der Waals surface area (Å²) in [4.78, 5) is 19.5. The van der Waals surface area contributed by atoms with Gasteiger partial charge in [0.2, 0.25) is 0 Å². The molecule has 1 aliphatic carbocycles. The van der Waals surface area contributed by atoms with E-state index in [-0.39, 0.29) is 17.9 Å². The number of hydrogen-bond acceptors (Lipinski definition) is 6. The molecule has 1 N–H and O–H groups in total. The summed E-state index contributed by atoms with van der Waals surface area (Å²) in [5, 5.41) is 4.07.